The monoisotopic (exact) mass is 298 g/mol. The van der Waals surface area contributed by atoms with Crippen molar-refractivity contribution in [3.8, 4) is 0 Å². The van der Waals surface area contributed by atoms with Gasteiger partial charge in [0.15, 0.2) is 0 Å². The van der Waals surface area contributed by atoms with Crippen molar-refractivity contribution in [3.63, 3.8) is 0 Å². The van der Waals surface area contributed by atoms with E-state index in [-0.39, 0.29) is 6.04 Å². The van der Waals surface area contributed by atoms with E-state index in [0.717, 1.165) is 24.0 Å². The first-order valence-electron chi connectivity index (χ1n) is 7.08. The van der Waals surface area contributed by atoms with E-state index in [4.69, 9.17) is 5.73 Å². The summed E-state index contributed by atoms with van der Waals surface area (Å²) in [6.07, 6.45) is 1.85. The molecule has 5 heteroatoms. The van der Waals surface area contributed by atoms with Crippen LogP contribution >= 0.6 is 0 Å². The van der Waals surface area contributed by atoms with E-state index in [9.17, 15) is 8.42 Å². The highest BCUT2D eigenvalue weighted by Crippen LogP contribution is 2.16. The van der Waals surface area contributed by atoms with E-state index in [2.05, 4.69) is 18.6 Å². The molecule has 0 aliphatic heterocycles. The fourth-order valence-corrected chi connectivity index (χ4v) is 3.34. The molecule has 4 nitrogen and oxygen atoms in total. The van der Waals surface area contributed by atoms with Gasteiger partial charge in [0.25, 0.3) is 0 Å². The highest BCUT2D eigenvalue weighted by Gasteiger charge is 2.18. The molecule has 0 spiro atoms. The molecule has 20 heavy (non-hydrogen) atoms. The first-order chi connectivity index (χ1) is 9.26. The zero-order chi connectivity index (χ0) is 15.3. The lowest BCUT2D eigenvalue weighted by molar-refractivity contribution is 0.485. The Bertz CT molecular complexity index is 539. The van der Waals surface area contributed by atoms with Crippen molar-refractivity contribution >= 4 is 10.0 Å². The molecule has 0 aromatic heterocycles. The first-order valence-corrected chi connectivity index (χ1v) is 8.56. The standard InChI is InChI=1S/C15H26N2O2S/c1-11(2)5-7-13(4)17-20(18,19)15-8-6-12(3)14(9-15)10-16/h6,8-9,11,13,17H,5,7,10,16H2,1-4H3. The van der Waals surface area contributed by atoms with Gasteiger partial charge >= 0.3 is 0 Å². The van der Waals surface area contributed by atoms with Crippen LogP contribution in [-0.2, 0) is 16.6 Å². The summed E-state index contributed by atoms with van der Waals surface area (Å²) in [5, 5.41) is 0. The fourth-order valence-electron chi connectivity index (χ4n) is 2.01. The molecule has 3 N–H and O–H groups in total. The minimum absolute atomic E-state index is 0.0648. The van der Waals surface area contributed by atoms with Gasteiger partial charge in [-0.25, -0.2) is 13.1 Å². The molecule has 0 aliphatic rings. The number of hydrogen-bond acceptors (Lipinski definition) is 3. The average Bonchev–Trinajstić information content (AvgIpc) is 2.36. The van der Waals surface area contributed by atoms with E-state index in [1.54, 1.807) is 18.2 Å². The number of rotatable bonds is 7. The second-order valence-corrected chi connectivity index (χ2v) is 7.50. The van der Waals surface area contributed by atoms with Crippen LogP contribution in [0.4, 0.5) is 0 Å². The Morgan fingerprint density at radius 1 is 1.20 bits per heavy atom. The van der Waals surface area contributed by atoms with Gasteiger partial charge in [0, 0.05) is 12.6 Å². The highest BCUT2D eigenvalue weighted by atomic mass is 32.2. The fraction of sp³-hybridized carbons (Fsp3) is 0.600. The van der Waals surface area contributed by atoms with Crippen molar-refractivity contribution in [2.45, 2.75) is 58.0 Å². The molecule has 0 amide bonds. The second-order valence-electron chi connectivity index (χ2n) is 5.79. The maximum absolute atomic E-state index is 12.3. The molecule has 1 rings (SSSR count). The minimum Gasteiger partial charge on any atom is -0.326 e. The topological polar surface area (TPSA) is 72.2 Å². The molecule has 1 unspecified atom stereocenters. The Kier molecular flexibility index (Phi) is 6.17. The number of nitrogens with two attached hydrogens (primary N) is 1. The third-order valence-electron chi connectivity index (χ3n) is 3.38. The van der Waals surface area contributed by atoms with E-state index >= 15 is 0 Å². The Hall–Kier alpha value is -0.910. The normalized spacial score (nSPS) is 13.7. The van der Waals surface area contributed by atoms with Crippen LogP contribution in [0.15, 0.2) is 23.1 Å². The molecule has 1 aromatic carbocycles. The van der Waals surface area contributed by atoms with Gasteiger partial charge in [0.05, 0.1) is 4.90 Å². The summed E-state index contributed by atoms with van der Waals surface area (Å²) in [5.74, 6) is 0.574. The SMILES string of the molecule is Cc1ccc(S(=O)(=O)NC(C)CCC(C)C)cc1CN. The van der Waals surface area contributed by atoms with Crippen LogP contribution in [0.2, 0.25) is 0 Å². The molecule has 0 heterocycles. The summed E-state index contributed by atoms with van der Waals surface area (Å²) in [4.78, 5) is 0.292. The summed E-state index contributed by atoms with van der Waals surface area (Å²) < 4.78 is 27.4. The van der Waals surface area contributed by atoms with Gasteiger partial charge in [-0.05, 0) is 55.9 Å². The average molecular weight is 298 g/mol. The number of hydrogen-bond donors (Lipinski definition) is 2. The Balaban J connectivity index is 2.83. The number of benzene rings is 1. The maximum Gasteiger partial charge on any atom is 0.240 e. The number of nitrogens with one attached hydrogen (secondary N) is 1. The predicted molar refractivity (Wildman–Crippen MR) is 82.9 cm³/mol. The molecular formula is C15H26N2O2S. The quantitative estimate of drug-likeness (QED) is 0.812. The van der Waals surface area contributed by atoms with Crippen LogP contribution in [0.5, 0.6) is 0 Å². The lowest BCUT2D eigenvalue weighted by Crippen LogP contribution is -2.32. The molecule has 1 atom stereocenters. The molecule has 0 saturated heterocycles. The predicted octanol–water partition coefficient (Wildman–Crippen LogP) is 2.56. The van der Waals surface area contributed by atoms with Crippen molar-refractivity contribution in [1.29, 1.82) is 0 Å². The van der Waals surface area contributed by atoms with Crippen LogP contribution in [0, 0.1) is 12.8 Å². The Morgan fingerprint density at radius 2 is 1.85 bits per heavy atom. The molecule has 0 fully saturated rings. The van der Waals surface area contributed by atoms with Gasteiger partial charge in [-0.1, -0.05) is 19.9 Å². The third-order valence-corrected chi connectivity index (χ3v) is 4.97. The van der Waals surface area contributed by atoms with Gasteiger partial charge in [0.2, 0.25) is 10.0 Å². The van der Waals surface area contributed by atoms with Crippen molar-refractivity contribution in [2.24, 2.45) is 11.7 Å². The van der Waals surface area contributed by atoms with Gasteiger partial charge < -0.3 is 5.73 Å². The molecule has 0 aliphatic carbocycles. The van der Waals surface area contributed by atoms with E-state index in [1.807, 2.05) is 13.8 Å². The smallest absolute Gasteiger partial charge is 0.240 e. The van der Waals surface area contributed by atoms with Crippen molar-refractivity contribution in [2.75, 3.05) is 0 Å². The van der Waals surface area contributed by atoms with E-state index < -0.39 is 10.0 Å². The van der Waals surface area contributed by atoms with Gasteiger partial charge in [-0.3, -0.25) is 0 Å². The van der Waals surface area contributed by atoms with Crippen LogP contribution in [0.25, 0.3) is 0 Å². The number of aryl methyl sites for hydroxylation is 1. The molecule has 114 valence electrons. The molecule has 0 bridgehead atoms. The van der Waals surface area contributed by atoms with E-state index in [0.29, 0.717) is 17.4 Å². The summed E-state index contributed by atoms with van der Waals surface area (Å²) in [6, 6.07) is 5.03. The summed E-state index contributed by atoms with van der Waals surface area (Å²) in [6.45, 7) is 8.44. The molecule has 0 saturated carbocycles. The van der Waals surface area contributed by atoms with Gasteiger partial charge in [-0.2, -0.15) is 0 Å². The van der Waals surface area contributed by atoms with Crippen molar-refractivity contribution < 1.29 is 8.42 Å². The van der Waals surface area contributed by atoms with E-state index in [1.165, 1.54) is 0 Å². The Morgan fingerprint density at radius 3 is 2.40 bits per heavy atom. The van der Waals surface area contributed by atoms with Crippen LogP contribution in [-0.4, -0.2) is 14.5 Å². The summed E-state index contributed by atoms with van der Waals surface area (Å²) in [7, 11) is -3.46. The first kappa shape index (κ1) is 17.1. The van der Waals surface area contributed by atoms with Crippen molar-refractivity contribution in [1.82, 2.24) is 4.72 Å². The largest absolute Gasteiger partial charge is 0.326 e. The lowest BCUT2D eigenvalue weighted by atomic mass is 10.1. The lowest BCUT2D eigenvalue weighted by Gasteiger charge is -2.16. The molecular weight excluding hydrogens is 272 g/mol. The molecule has 0 radical (unpaired) electrons. The Labute approximate surface area is 122 Å². The summed E-state index contributed by atoms with van der Waals surface area (Å²) in [5.41, 5.74) is 7.51. The van der Waals surface area contributed by atoms with Gasteiger partial charge in [0.1, 0.15) is 0 Å². The second kappa shape index (κ2) is 7.20. The third kappa shape index (κ3) is 4.89. The minimum atomic E-state index is -3.46. The van der Waals surface area contributed by atoms with Crippen molar-refractivity contribution in [3.05, 3.63) is 29.3 Å². The number of sulfonamides is 1. The highest BCUT2D eigenvalue weighted by molar-refractivity contribution is 7.89. The summed E-state index contributed by atoms with van der Waals surface area (Å²) >= 11 is 0. The van der Waals surface area contributed by atoms with Gasteiger partial charge in [-0.15, -0.1) is 0 Å². The van der Waals surface area contributed by atoms with Crippen LogP contribution < -0.4 is 10.5 Å². The zero-order valence-corrected chi connectivity index (χ0v) is 13.6. The van der Waals surface area contributed by atoms with Crippen LogP contribution in [0.1, 0.15) is 44.7 Å². The maximum atomic E-state index is 12.3. The van der Waals surface area contributed by atoms with Crippen LogP contribution in [0.3, 0.4) is 0 Å². The molecule has 1 aromatic rings. The zero-order valence-electron chi connectivity index (χ0n) is 12.8.